The van der Waals surface area contributed by atoms with Gasteiger partial charge in [0, 0.05) is 12.7 Å². The lowest BCUT2D eigenvalue weighted by atomic mass is 10.2. The first kappa shape index (κ1) is 15.2. The van der Waals surface area contributed by atoms with Crippen LogP contribution in [0.15, 0.2) is 12.3 Å². The van der Waals surface area contributed by atoms with Crippen molar-refractivity contribution in [1.82, 2.24) is 15.2 Å². The lowest BCUT2D eigenvalue weighted by molar-refractivity contribution is -0.135. The van der Waals surface area contributed by atoms with Gasteiger partial charge in [-0.05, 0) is 12.5 Å². The van der Waals surface area contributed by atoms with Gasteiger partial charge in [0.25, 0.3) is 5.91 Å². The zero-order chi connectivity index (χ0) is 15.4. The summed E-state index contributed by atoms with van der Waals surface area (Å²) in [7, 11) is 0. The molecule has 21 heavy (non-hydrogen) atoms. The van der Waals surface area contributed by atoms with Crippen LogP contribution in [0, 0.1) is 0 Å². The SMILES string of the molecule is CCCNc1cc(C(=O)N2CC(=O)NC(=O)C2)c(Cl)cn1. The van der Waals surface area contributed by atoms with Gasteiger partial charge in [0.1, 0.15) is 18.9 Å². The highest BCUT2D eigenvalue weighted by molar-refractivity contribution is 6.33. The van der Waals surface area contributed by atoms with Crippen LogP contribution in [0.1, 0.15) is 23.7 Å². The number of anilines is 1. The van der Waals surface area contributed by atoms with Gasteiger partial charge in [0.2, 0.25) is 11.8 Å². The van der Waals surface area contributed by atoms with Gasteiger partial charge in [0.05, 0.1) is 10.6 Å². The Bertz CT molecular complexity index is 575. The lowest BCUT2D eigenvalue weighted by Gasteiger charge is -2.25. The fourth-order valence-electron chi connectivity index (χ4n) is 1.90. The molecule has 0 unspecified atom stereocenters. The van der Waals surface area contributed by atoms with E-state index in [1.54, 1.807) is 0 Å². The van der Waals surface area contributed by atoms with Gasteiger partial charge >= 0.3 is 0 Å². The van der Waals surface area contributed by atoms with Gasteiger partial charge in [-0.1, -0.05) is 18.5 Å². The summed E-state index contributed by atoms with van der Waals surface area (Å²) in [4.78, 5) is 40.3. The van der Waals surface area contributed by atoms with E-state index in [4.69, 9.17) is 11.6 Å². The summed E-state index contributed by atoms with van der Waals surface area (Å²) >= 11 is 5.99. The van der Waals surface area contributed by atoms with E-state index in [2.05, 4.69) is 15.6 Å². The zero-order valence-electron chi connectivity index (χ0n) is 11.5. The number of piperazine rings is 1. The van der Waals surface area contributed by atoms with E-state index in [0.29, 0.717) is 12.4 Å². The van der Waals surface area contributed by atoms with Crippen molar-refractivity contribution in [2.75, 3.05) is 25.0 Å². The van der Waals surface area contributed by atoms with Gasteiger partial charge in [-0.15, -0.1) is 0 Å². The van der Waals surface area contributed by atoms with Crippen molar-refractivity contribution in [3.63, 3.8) is 0 Å². The standard InChI is InChI=1S/C13H15ClN4O3/c1-2-3-15-10-4-8(9(14)5-16-10)13(21)18-6-11(19)17-12(20)7-18/h4-5H,2-3,6-7H2,1H3,(H,15,16)(H,17,19,20). The van der Waals surface area contributed by atoms with Gasteiger partial charge in [-0.25, -0.2) is 4.98 Å². The molecule has 1 aliphatic rings. The summed E-state index contributed by atoms with van der Waals surface area (Å²) in [5, 5.41) is 5.37. The second-order valence-electron chi connectivity index (χ2n) is 4.61. The van der Waals surface area contributed by atoms with E-state index in [1.807, 2.05) is 6.92 Å². The maximum atomic E-state index is 12.4. The molecule has 2 heterocycles. The normalized spacial score (nSPS) is 14.9. The number of nitrogens with zero attached hydrogens (tertiary/aromatic N) is 2. The topological polar surface area (TPSA) is 91.4 Å². The Balaban J connectivity index is 2.21. The minimum Gasteiger partial charge on any atom is -0.370 e. The summed E-state index contributed by atoms with van der Waals surface area (Å²) in [6.45, 7) is 2.39. The molecular formula is C13H15ClN4O3. The van der Waals surface area contributed by atoms with Crippen LogP contribution in [0.3, 0.4) is 0 Å². The molecule has 112 valence electrons. The van der Waals surface area contributed by atoms with Crippen molar-refractivity contribution in [2.24, 2.45) is 0 Å². The Kier molecular flexibility index (Phi) is 4.74. The third-order valence-corrected chi connectivity index (χ3v) is 3.18. The summed E-state index contributed by atoms with van der Waals surface area (Å²) in [6.07, 6.45) is 2.28. The summed E-state index contributed by atoms with van der Waals surface area (Å²) < 4.78 is 0. The number of carbonyl (C=O) groups is 3. The minimum absolute atomic E-state index is 0.166. The van der Waals surface area contributed by atoms with Crippen molar-refractivity contribution in [3.05, 3.63) is 22.8 Å². The Morgan fingerprint density at radius 2 is 2.10 bits per heavy atom. The number of aromatic nitrogens is 1. The van der Waals surface area contributed by atoms with Crippen LogP contribution in [0.4, 0.5) is 5.82 Å². The third-order valence-electron chi connectivity index (χ3n) is 2.88. The maximum Gasteiger partial charge on any atom is 0.256 e. The molecule has 0 radical (unpaired) electrons. The zero-order valence-corrected chi connectivity index (χ0v) is 12.2. The molecular weight excluding hydrogens is 296 g/mol. The molecule has 0 aliphatic carbocycles. The van der Waals surface area contributed by atoms with E-state index in [1.165, 1.54) is 12.3 Å². The molecule has 0 aromatic carbocycles. The highest BCUT2D eigenvalue weighted by atomic mass is 35.5. The Morgan fingerprint density at radius 3 is 2.71 bits per heavy atom. The number of hydrogen-bond acceptors (Lipinski definition) is 5. The maximum absolute atomic E-state index is 12.4. The summed E-state index contributed by atoms with van der Waals surface area (Å²) in [6, 6.07) is 1.53. The van der Waals surface area contributed by atoms with Crippen molar-refractivity contribution in [1.29, 1.82) is 0 Å². The first-order valence-corrected chi connectivity index (χ1v) is 6.90. The molecule has 1 saturated heterocycles. The van der Waals surface area contributed by atoms with Crippen LogP contribution < -0.4 is 10.6 Å². The molecule has 1 aromatic rings. The number of amides is 3. The lowest BCUT2D eigenvalue weighted by Crippen LogP contribution is -2.53. The van der Waals surface area contributed by atoms with Gasteiger partial charge in [0.15, 0.2) is 0 Å². The van der Waals surface area contributed by atoms with Crippen LogP contribution in [0.5, 0.6) is 0 Å². The van der Waals surface area contributed by atoms with Crippen molar-refractivity contribution in [3.8, 4) is 0 Å². The molecule has 0 bridgehead atoms. The molecule has 3 amide bonds. The predicted molar refractivity (Wildman–Crippen MR) is 77.1 cm³/mol. The molecule has 8 heteroatoms. The van der Waals surface area contributed by atoms with Crippen LogP contribution >= 0.6 is 11.6 Å². The Labute approximate surface area is 126 Å². The second-order valence-corrected chi connectivity index (χ2v) is 5.02. The number of hydrogen-bond donors (Lipinski definition) is 2. The summed E-state index contributed by atoms with van der Waals surface area (Å²) in [5.74, 6) is -0.953. The van der Waals surface area contributed by atoms with Crippen LogP contribution in [0.25, 0.3) is 0 Å². The van der Waals surface area contributed by atoms with Crippen molar-refractivity contribution in [2.45, 2.75) is 13.3 Å². The molecule has 1 fully saturated rings. The van der Waals surface area contributed by atoms with Crippen molar-refractivity contribution < 1.29 is 14.4 Å². The molecule has 1 aromatic heterocycles. The van der Waals surface area contributed by atoms with E-state index in [-0.39, 0.29) is 23.7 Å². The fourth-order valence-corrected chi connectivity index (χ4v) is 2.09. The average Bonchev–Trinajstić information content (AvgIpc) is 2.44. The second kappa shape index (κ2) is 6.53. The van der Waals surface area contributed by atoms with Crippen LogP contribution in [-0.4, -0.2) is 47.2 Å². The average molecular weight is 311 g/mol. The number of halogens is 1. The molecule has 0 spiro atoms. The van der Waals surface area contributed by atoms with Crippen molar-refractivity contribution >= 4 is 35.1 Å². The largest absolute Gasteiger partial charge is 0.370 e. The molecule has 0 saturated carbocycles. The number of carbonyl (C=O) groups excluding carboxylic acids is 3. The van der Waals surface area contributed by atoms with E-state index >= 15 is 0 Å². The molecule has 2 N–H and O–H groups in total. The molecule has 2 rings (SSSR count). The van der Waals surface area contributed by atoms with Gasteiger partial charge in [-0.3, -0.25) is 19.7 Å². The summed E-state index contributed by atoms with van der Waals surface area (Å²) in [5.41, 5.74) is 0.216. The van der Waals surface area contributed by atoms with E-state index < -0.39 is 17.7 Å². The number of nitrogens with one attached hydrogen (secondary N) is 2. The molecule has 1 aliphatic heterocycles. The fraction of sp³-hybridized carbons (Fsp3) is 0.385. The number of rotatable bonds is 4. The molecule has 0 atom stereocenters. The van der Waals surface area contributed by atoms with E-state index in [0.717, 1.165) is 11.3 Å². The monoisotopic (exact) mass is 310 g/mol. The Hall–Kier alpha value is -2.15. The first-order chi connectivity index (χ1) is 10.0. The number of imide groups is 1. The Morgan fingerprint density at radius 1 is 1.43 bits per heavy atom. The quantitative estimate of drug-likeness (QED) is 0.797. The molecule has 7 nitrogen and oxygen atoms in total. The van der Waals surface area contributed by atoms with Crippen LogP contribution in [0.2, 0.25) is 5.02 Å². The highest BCUT2D eigenvalue weighted by Crippen LogP contribution is 2.20. The number of pyridine rings is 1. The van der Waals surface area contributed by atoms with Crippen LogP contribution in [-0.2, 0) is 9.59 Å². The highest BCUT2D eigenvalue weighted by Gasteiger charge is 2.28. The third kappa shape index (κ3) is 3.69. The van der Waals surface area contributed by atoms with Gasteiger partial charge in [-0.2, -0.15) is 0 Å². The van der Waals surface area contributed by atoms with Gasteiger partial charge < -0.3 is 10.2 Å². The van der Waals surface area contributed by atoms with E-state index in [9.17, 15) is 14.4 Å². The predicted octanol–water partition coefficient (Wildman–Crippen LogP) is 0.655. The minimum atomic E-state index is -0.505. The smallest absolute Gasteiger partial charge is 0.256 e. The first-order valence-electron chi connectivity index (χ1n) is 6.52.